The molecule has 0 bridgehead atoms. The predicted molar refractivity (Wildman–Crippen MR) is 117 cm³/mol. The van der Waals surface area contributed by atoms with E-state index in [2.05, 4.69) is 21.2 Å². The quantitative estimate of drug-likeness (QED) is 0.553. The molecule has 0 heterocycles. The van der Waals surface area contributed by atoms with Crippen LogP contribution in [0.5, 0.6) is 5.75 Å². The molecule has 0 aromatic heterocycles. The number of halogens is 1. The van der Waals surface area contributed by atoms with E-state index in [9.17, 15) is 13.2 Å². The minimum atomic E-state index is -3.76. The van der Waals surface area contributed by atoms with Gasteiger partial charge in [-0.1, -0.05) is 46.3 Å². The van der Waals surface area contributed by atoms with Gasteiger partial charge in [0, 0.05) is 17.2 Å². The number of benzene rings is 3. The van der Waals surface area contributed by atoms with Crippen LogP contribution in [0.15, 0.2) is 88.2 Å². The van der Waals surface area contributed by atoms with Gasteiger partial charge in [-0.3, -0.25) is 9.10 Å². The van der Waals surface area contributed by atoms with E-state index in [1.54, 1.807) is 54.6 Å². The molecule has 3 aromatic rings. The van der Waals surface area contributed by atoms with Crippen molar-refractivity contribution >= 4 is 43.2 Å². The Labute approximate surface area is 178 Å². The fourth-order valence-corrected chi connectivity index (χ4v) is 4.19. The number of anilines is 2. The Bertz CT molecular complexity index is 1100. The zero-order chi connectivity index (χ0) is 20.9. The number of nitrogens with zero attached hydrogens (tertiary/aromatic N) is 1. The summed E-state index contributed by atoms with van der Waals surface area (Å²) in [6.45, 7) is -0.197. The van der Waals surface area contributed by atoms with Crippen LogP contribution in [-0.2, 0) is 14.8 Å². The highest BCUT2D eigenvalue weighted by Crippen LogP contribution is 2.24. The highest BCUT2D eigenvalue weighted by molar-refractivity contribution is 9.10. The van der Waals surface area contributed by atoms with Crippen molar-refractivity contribution in [3.63, 3.8) is 0 Å². The molecule has 3 rings (SSSR count). The Morgan fingerprint density at radius 2 is 1.72 bits per heavy atom. The van der Waals surface area contributed by atoms with E-state index in [0.717, 1.165) is 4.47 Å². The van der Waals surface area contributed by atoms with Gasteiger partial charge in [0.2, 0.25) is 0 Å². The SMILES string of the molecule is CN(c1ccccc1)S(=O)(=O)c1cccc(NC(=O)COc2cccc(Br)c2)c1. The largest absolute Gasteiger partial charge is 0.484 e. The average Bonchev–Trinajstić information content (AvgIpc) is 2.72. The van der Waals surface area contributed by atoms with E-state index in [-0.39, 0.29) is 11.5 Å². The first kappa shape index (κ1) is 20.9. The van der Waals surface area contributed by atoms with Crippen LogP contribution in [0.25, 0.3) is 0 Å². The van der Waals surface area contributed by atoms with Crippen LogP contribution in [0.3, 0.4) is 0 Å². The normalized spacial score (nSPS) is 11.0. The molecule has 0 atom stereocenters. The third kappa shape index (κ3) is 5.36. The van der Waals surface area contributed by atoms with Crippen molar-refractivity contribution in [2.75, 3.05) is 23.3 Å². The van der Waals surface area contributed by atoms with Gasteiger partial charge in [0.1, 0.15) is 5.75 Å². The fourth-order valence-electron chi connectivity index (χ4n) is 2.57. The molecular weight excluding hydrogens is 456 g/mol. The zero-order valence-electron chi connectivity index (χ0n) is 15.6. The molecule has 150 valence electrons. The summed E-state index contributed by atoms with van der Waals surface area (Å²) in [7, 11) is -2.28. The first-order chi connectivity index (χ1) is 13.9. The molecule has 0 aliphatic carbocycles. The number of hydrogen-bond acceptors (Lipinski definition) is 4. The van der Waals surface area contributed by atoms with E-state index in [1.165, 1.54) is 23.5 Å². The van der Waals surface area contributed by atoms with E-state index >= 15 is 0 Å². The maximum absolute atomic E-state index is 12.9. The van der Waals surface area contributed by atoms with E-state index in [1.807, 2.05) is 12.1 Å². The molecule has 1 amide bonds. The number of carbonyl (C=O) groups excluding carboxylic acids is 1. The van der Waals surface area contributed by atoms with Gasteiger partial charge in [-0.2, -0.15) is 0 Å². The lowest BCUT2D eigenvalue weighted by Crippen LogP contribution is -2.26. The van der Waals surface area contributed by atoms with Crippen molar-refractivity contribution in [3.8, 4) is 5.75 Å². The molecule has 3 aromatic carbocycles. The van der Waals surface area contributed by atoms with Crippen molar-refractivity contribution in [1.82, 2.24) is 0 Å². The second-order valence-corrected chi connectivity index (χ2v) is 9.02. The summed E-state index contributed by atoms with van der Waals surface area (Å²) < 4.78 is 33.3. The fraction of sp³-hybridized carbons (Fsp3) is 0.0952. The van der Waals surface area contributed by atoms with Crippen LogP contribution in [0.1, 0.15) is 0 Å². The summed E-state index contributed by atoms with van der Waals surface area (Å²) in [5, 5.41) is 2.66. The standard InChI is InChI=1S/C21H19BrN2O4S/c1-24(18-9-3-2-4-10-18)29(26,27)20-12-6-8-17(14-20)23-21(25)15-28-19-11-5-7-16(22)13-19/h2-14H,15H2,1H3,(H,23,25). The number of para-hydroxylation sites is 1. The Morgan fingerprint density at radius 1 is 1.00 bits per heavy atom. The maximum Gasteiger partial charge on any atom is 0.264 e. The number of sulfonamides is 1. The van der Waals surface area contributed by atoms with Crippen LogP contribution < -0.4 is 14.4 Å². The minimum Gasteiger partial charge on any atom is -0.484 e. The molecule has 1 N–H and O–H groups in total. The lowest BCUT2D eigenvalue weighted by molar-refractivity contribution is -0.118. The van der Waals surface area contributed by atoms with Gasteiger partial charge in [-0.05, 0) is 48.5 Å². The molecule has 8 heteroatoms. The molecule has 0 saturated heterocycles. The van der Waals surface area contributed by atoms with E-state index in [0.29, 0.717) is 17.1 Å². The molecule has 0 saturated carbocycles. The second-order valence-electron chi connectivity index (χ2n) is 6.13. The maximum atomic E-state index is 12.9. The highest BCUT2D eigenvalue weighted by Gasteiger charge is 2.21. The average molecular weight is 475 g/mol. The second kappa shape index (κ2) is 9.11. The first-order valence-corrected chi connectivity index (χ1v) is 10.9. The topological polar surface area (TPSA) is 75.7 Å². The molecule has 0 radical (unpaired) electrons. The number of rotatable bonds is 7. The number of ether oxygens (including phenoxy) is 1. The van der Waals surface area contributed by atoms with Crippen molar-refractivity contribution in [3.05, 3.63) is 83.3 Å². The predicted octanol–water partition coefficient (Wildman–Crippen LogP) is 4.29. The van der Waals surface area contributed by atoms with Crippen LogP contribution in [-0.4, -0.2) is 28.0 Å². The molecule has 0 spiro atoms. The third-order valence-electron chi connectivity index (χ3n) is 4.06. The highest BCUT2D eigenvalue weighted by atomic mass is 79.9. The van der Waals surface area contributed by atoms with Gasteiger partial charge in [-0.25, -0.2) is 8.42 Å². The molecular formula is C21H19BrN2O4S. The van der Waals surface area contributed by atoms with Crippen molar-refractivity contribution in [1.29, 1.82) is 0 Å². The minimum absolute atomic E-state index is 0.0783. The summed E-state index contributed by atoms with van der Waals surface area (Å²) >= 11 is 3.34. The van der Waals surface area contributed by atoms with E-state index in [4.69, 9.17) is 4.74 Å². The molecule has 0 unspecified atom stereocenters. The van der Waals surface area contributed by atoms with Crippen LogP contribution >= 0.6 is 15.9 Å². The summed E-state index contributed by atoms with van der Waals surface area (Å²) in [5.74, 6) is 0.159. The van der Waals surface area contributed by atoms with Crippen LogP contribution in [0, 0.1) is 0 Å². The third-order valence-corrected chi connectivity index (χ3v) is 6.34. The number of hydrogen-bond donors (Lipinski definition) is 1. The van der Waals surface area contributed by atoms with Gasteiger partial charge in [-0.15, -0.1) is 0 Å². The monoisotopic (exact) mass is 474 g/mol. The molecule has 0 aliphatic heterocycles. The van der Waals surface area contributed by atoms with Gasteiger partial charge in [0.25, 0.3) is 15.9 Å². The van der Waals surface area contributed by atoms with Crippen molar-refractivity contribution in [2.24, 2.45) is 0 Å². The number of carbonyl (C=O) groups is 1. The van der Waals surface area contributed by atoms with Crippen LogP contribution in [0.4, 0.5) is 11.4 Å². The Balaban J connectivity index is 1.69. The lowest BCUT2D eigenvalue weighted by atomic mass is 10.3. The number of amides is 1. The van der Waals surface area contributed by atoms with Gasteiger partial charge in [0.15, 0.2) is 6.61 Å². The van der Waals surface area contributed by atoms with E-state index < -0.39 is 15.9 Å². The Hall–Kier alpha value is -2.84. The summed E-state index contributed by atoms with van der Waals surface area (Å²) in [6, 6.07) is 22.0. The van der Waals surface area contributed by atoms with Gasteiger partial charge >= 0.3 is 0 Å². The van der Waals surface area contributed by atoms with Crippen molar-refractivity contribution in [2.45, 2.75) is 4.90 Å². The molecule has 29 heavy (non-hydrogen) atoms. The molecule has 0 fully saturated rings. The number of nitrogens with one attached hydrogen (secondary N) is 1. The summed E-state index contributed by atoms with van der Waals surface area (Å²) in [4.78, 5) is 12.3. The van der Waals surface area contributed by atoms with Crippen LogP contribution in [0.2, 0.25) is 0 Å². The Kier molecular flexibility index (Phi) is 6.56. The molecule has 6 nitrogen and oxygen atoms in total. The molecule has 0 aliphatic rings. The van der Waals surface area contributed by atoms with Gasteiger partial charge < -0.3 is 10.1 Å². The summed E-state index contributed by atoms with van der Waals surface area (Å²) in [5.41, 5.74) is 0.916. The van der Waals surface area contributed by atoms with Crippen molar-refractivity contribution < 1.29 is 17.9 Å². The first-order valence-electron chi connectivity index (χ1n) is 8.68. The smallest absolute Gasteiger partial charge is 0.264 e. The zero-order valence-corrected chi connectivity index (χ0v) is 18.0. The Morgan fingerprint density at radius 3 is 2.45 bits per heavy atom. The lowest BCUT2D eigenvalue weighted by Gasteiger charge is -2.19. The van der Waals surface area contributed by atoms with Gasteiger partial charge in [0.05, 0.1) is 10.6 Å². The summed E-state index contributed by atoms with van der Waals surface area (Å²) in [6.07, 6.45) is 0.